The third-order valence-corrected chi connectivity index (χ3v) is 2.82. The van der Waals surface area contributed by atoms with E-state index in [9.17, 15) is 5.21 Å². The van der Waals surface area contributed by atoms with Crippen molar-refractivity contribution in [1.29, 1.82) is 0 Å². The highest BCUT2D eigenvalue weighted by molar-refractivity contribution is 5.78. The van der Waals surface area contributed by atoms with Gasteiger partial charge in [-0.25, -0.2) is 5.06 Å². The third kappa shape index (κ3) is 2.54. The molecular formula is C16H18NO. The average Bonchev–Trinajstić information content (AvgIpc) is 2.38. The number of rotatable bonds is 2. The molecule has 0 fully saturated rings. The van der Waals surface area contributed by atoms with Gasteiger partial charge in [0.2, 0.25) is 0 Å². The van der Waals surface area contributed by atoms with E-state index in [1.165, 1.54) is 0 Å². The maximum Gasteiger partial charge on any atom is 0.0752 e. The van der Waals surface area contributed by atoms with Gasteiger partial charge in [0.25, 0.3) is 0 Å². The molecule has 0 amide bonds. The molecule has 0 unspecified atom stereocenters. The minimum Gasteiger partial charge on any atom is -0.215 e. The molecule has 2 heteroatoms. The van der Waals surface area contributed by atoms with Gasteiger partial charge in [0.05, 0.1) is 11.2 Å². The van der Waals surface area contributed by atoms with Gasteiger partial charge in [-0.3, -0.25) is 0 Å². The minimum absolute atomic E-state index is 0.440. The van der Waals surface area contributed by atoms with Crippen molar-refractivity contribution < 1.29 is 5.21 Å². The van der Waals surface area contributed by atoms with E-state index in [0.717, 1.165) is 21.9 Å². The summed E-state index contributed by atoms with van der Waals surface area (Å²) in [4.78, 5) is 0. The fourth-order valence-corrected chi connectivity index (χ4v) is 1.87. The number of hydrogen-bond acceptors (Lipinski definition) is 1. The Hall–Kier alpha value is -1.80. The van der Waals surface area contributed by atoms with Crippen molar-refractivity contribution >= 4 is 5.69 Å². The first kappa shape index (κ1) is 12.7. The summed E-state index contributed by atoms with van der Waals surface area (Å²) < 4.78 is 0. The van der Waals surface area contributed by atoms with Crippen LogP contribution in [0.1, 0.15) is 20.8 Å². The van der Waals surface area contributed by atoms with E-state index < -0.39 is 5.54 Å². The molecule has 0 N–H and O–H groups in total. The van der Waals surface area contributed by atoms with E-state index in [-0.39, 0.29) is 0 Å². The summed E-state index contributed by atoms with van der Waals surface area (Å²) in [6, 6.07) is 17.7. The topological polar surface area (TPSA) is 23.1 Å². The largest absolute Gasteiger partial charge is 0.215 e. The lowest BCUT2D eigenvalue weighted by Gasteiger charge is -2.30. The predicted octanol–water partition coefficient (Wildman–Crippen LogP) is 4.30. The van der Waals surface area contributed by atoms with Crippen LogP contribution in [0, 0.1) is 0 Å². The lowest BCUT2D eigenvalue weighted by Crippen LogP contribution is -2.37. The SMILES string of the molecule is CC(C)(C)N([O])c1ccccc1-c1ccccc1. The quantitative estimate of drug-likeness (QED) is 0.717. The monoisotopic (exact) mass is 240 g/mol. The third-order valence-electron chi connectivity index (χ3n) is 2.82. The van der Waals surface area contributed by atoms with Gasteiger partial charge in [-0.1, -0.05) is 53.7 Å². The Morgan fingerprint density at radius 1 is 0.833 bits per heavy atom. The Bertz CT molecular complexity index is 514. The summed E-state index contributed by atoms with van der Waals surface area (Å²) in [6.07, 6.45) is 0. The van der Waals surface area contributed by atoms with E-state index in [2.05, 4.69) is 0 Å². The van der Waals surface area contributed by atoms with Crippen LogP contribution < -0.4 is 5.06 Å². The van der Waals surface area contributed by atoms with Crippen molar-refractivity contribution in [1.82, 2.24) is 0 Å². The van der Waals surface area contributed by atoms with Gasteiger partial charge in [0.15, 0.2) is 0 Å². The summed E-state index contributed by atoms with van der Waals surface area (Å²) in [5, 5.41) is 13.5. The smallest absolute Gasteiger partial charge is 0.0752 e. The van der Waals surface area contributed by atoms with E-state index in [4.69, 9.17) is 0 Å². The van der Waals surface area contributed by atoms with E-state index in [1.807, 2.05) is 75.4 Å². The maximum absolute atomic E-state index is 12.4. The molecule has 0 spiro atoms. The molecule has 18 heavy (non-hydrogen) atoms. The summed E-state index contributed by atoms with van der Waals surface area (Å²) in [6.45, 7) is 5.76. The van der Waals surface area contributed by atoms with E-state index in [0.29, 0.717) is 0 Å². The van der Waals surface area contributed by atoms with Crippen molar-refractivity contribution in [2.45, 2.75) is 26.3 Å². The van der Waals surface area contributed by atoms with Crippen molar-refractivity contribution in [2.24, 2.45) is 0 Å². The van der Waals surface area contributed by atoms with Crippen LogP contribution >= 0.6 is 0 Å². The molecule has 1 radical (unpaired) electrons. The Kier molecular flexibility index (Phi) is 3.39. The number of hydroxylamine groups is 1. The van der Waals surface area contributed by atoms with Crippen LogP contribution in [0.3, 0.4) is 0 Å². The summed E-state index contributed by atoms with van der Waals surface area (Å²) in [5.74, 6) is 0. The van der Waals surface area contributed by atoms with Gasteiger partial charge in [-0.2, -0.15) is 0 Å². The van der Waals surface area contributed by atoms with Crippen molar-refractivity contribution in [2.75, 3.05) is 5.06 Å². The maximum atomic E-state index is 12.4. The Morgan fingerprint density at radius 3 is 2.00 bits per heavy atom. The van der Waals surface area contributed by atoms with Crippen LogP contribution in [0.25, 0.3) is 11.1 Å². The molecule has 2 nitrogen and oxygen atoms in total. The number of para-hydroxylation sites is 1. The van der Waals surface area contributed by atoms with Gasteiger partial charge in [-0.15, -0.1) is 0 Å². The van der Waals surface area contributed by atoms with Crippen LogP contribution in [0.15, 0.2) is 54.6 Å². The fourth-order valence-electron chi connectivity index (χ4n) is 1.87. The van der Waals surface area contributed by atoms with Crippen LogP contribution in [0.5, 0.6) is 0 Å². The van der Waals surface area contributed by atoms with Gasteiger partial charge < -0.3 is 0 Å². The van der Waals surface area contributed by atoms with Gasteiger partial charge >= 0.3 is 0 Å². The molecule has 0 atom stereocenters. The summed E-state index contributed by atoms with van der Waals surface area (Å²) >= 11 is 0. The molecule has 0 aliphatic heterocycles. The molecule has 2 rings (SSSR count). The number of nitrogens with zero attached hydrogens (tertiary/aromatic N) is 1. The minimum atomic E-state index is -0.440. The normalized spacial score (nSPS) is 11.3. The first-order valence-corrected chi connectivity index (χ1v) is 6.12. The second-order valence-corrected chi connectivity index (χ2v) is 5.35. The highest BCUT2D eigenvalue weighted by atomic mass is 16.5. The van der Waals surface area contributed by atoms with Crippen LogP contribution in [-0.4, -0.2) is 5.54 Å². The molecule has 0 saturated carbocycles. The number of hydrogen-bond donors (Lipinski definition) is 0. The predicted molar refractivity (Wildman–Crippen MR) is 74.8 cm³/mol. The van der Waals surface area contributed by atoms with Gasteiger partial charge in [-0.05, 0) is 32.4 Å². The van der Waals surface area contributed by atoms with Crippen molar-refractivity contribution in [3.8, 4) is 11.1 Å². The second kappa shape index (κ2) is 4.83. The molecule has 93 valence electrons. The van der Waals surface area contributed by atoms with Crippen LogP contribution in [0.2, 0.25) is 0 Å². The van der Waals surface area contributed by atoms with E-state index in [1.54, 1.807) is 0 Å². The van der Waals surface area contributed by atoms with Gasteiger partial charge in [0.1, 0.15) is 0 Å². The van der Waals surface area contributed by atoms with Gasteiger partial charge in [0, 0.05) is 5.56 Å². The van der Waals surface area contributed by atoms with Crippen molar-refractivity contribution in [3.05, 3.63) is 54.6 Å². The Balaban J connectivity index is 2.51. The fraction of sp³-hybridized carbons (Fsp3) is 0.250. The highest BCUT2D eigenvalue weighted by Crippen LogP contribution is 2.33. The number of benzene rings is 2. The molecule has 0 bridgehead atoms. The van der Waals surface area contributed by atoms with Crippen LogP contribution in [-0.2, 0) is 5.21 Å². The Labute approximate surface area is 108 Å². The first-order valence-electron chi connectivity index (χ1n) is 6.12. The molecule has 0 aromatic heterocycles. The molecule has 0 saturated heterocycles. The zero-order valence-electron chi connectivity index (χ0n) is 11.1. The zero-order valence-corrected chi connectivity index (χ0v) is 11.1. The molecule has 2 aromatic carbocycles. The average molecular weight is 240 g/mol. The zero-order chi connectivity index (χ0) is 13.2. The lowest BCUT2D eigenvalue weighted by molar-refractivity contribution is 0.102. The highest BCUT2D eigenvalue weighted by Gasteiger charge is 2.23. The Morgan fingerprint density at radius 2 is 1.39 bits per heavy atom. The molecular weight excluding hydrogens is 222 g/mol. The molecule has 0 aliphatic carbocycles. The summed E-state index contributed by atoms with van der Waals surface area (Å²) in [7, 11) is 0. The molecule has 0 heterocycles. The molecule has 2 aromatic rings. The number of anilines is 1. The second-order valence-electron chi connectivity index (χ2n) is 5.35. The standard InChI is InChI=1S/C16H18NO/c1-16(2,3)17(18)15-12-8-7-11-14(15)13-9-5-4-6-10-13/h4-12H,1-3H3. The van der Waals surface area contributed by atoms with E-state index >= 15 is 0 Å². The molecule has 0 aliphatic rings. The summed E-state index contributed by atoms with van der Waals surface area (Å²) in [5.41, 5.74) is 2.32. The lowest BCUT2D eigenvalue weighted by atomic mass is 10.0. The first-order chi connectivity index (χ1) is 8.50. The van der Waals surface area contributed by atoms with Crippen molar-refractivity contribution in [3.63, 3.8) is 0 Å². The van der Waals surface area contributed by atoms with Crippen LogP contribution in [0.4, 0.5) is 5.69 Å².